The molecule has 0 aliphatic carbocycles. The topological polar surface area (TPSA) is 106 Å². The predicted molar refractivity (Wildman–Crippen MR) is 90.9 cm³/mol. The summed E-state index contributed by atoms with van der Waals surface area (Å²) in [5.74, 6) is 0.983. The van der Waals surface area contributed by atoms with E-state index in [0.29, 0.717) is 31.9 Å². The maximum Gasteiger partial charge on any atom is 0.272 e. The summed E-state index contributed by atoms with van der Waals surface area (Å²) < 4.78 is 1.73. The number of amides is 1. The van der Waals surface area contributed by atoms with E-state index in [1.54, 1.807) is 22.6 Å². The molecule has 0 saturated carbocycles. The molecule has 0 radical (unpaired) electrons. The van der Waals surface area contributed by atoms with E-state index in [1.165, 1.54) is 11.3 Å². The SMILES string of the molecule is Cn1cncc1C(=O)N1CCN(c2nc(N)nc3scnc23)CC1. The van der Waals surface area contributed by atoms with Gasteiger partial charge in [0.15, 0.2) is 10.6 Å². The third-order valence-corrected chi connectivity index (χ3v) is 4.82. The van der Waals surface area contributed by atoms with Crippen molar-refractivity contribution in [2.75, 3.05) is 36.8 Å². The Balaban J connectivity index is 1.53. The standard InChI is InChI=1S/C14H16N8OS/c1-20-7-16-6-9(20)13(23)22-4-2-21(3-5-22)11-10-12(24-8-17-10)19-14(15)18-11/h6-8H,2-5H2,1H3,(H2,15,18,19). The Morgan fingerprint density at radius 2 is 2.04 bits per heavy atom. The van der Waals surface area contributed by atoms with E-state index in [0.717, 1.165) is 16.2 Å². The fraction of sp³-hybridized carbons (Fsp3) is 0.357. The Hall–Kier alpha value is -2.75. The first-order valence-electron chi connectivity index (χ1n) is 7.51. The van der Waals surface area contributed by atoms with Crippen LogP contribution in [0.25, 0.3) is 10.3 Å². The minimum Gasteiger partial charge on any atom is -0.368 e. The minimum absolute atomic E-state index is 0.00402. The molecular formula is C14H16N8OS. The molecule has 9 nitrogen and oxygen atoms in total. The summed E-state index contributed by atoms with van der Waals surface area (Å²) in [6.45, 7) is 2.57. The Labute approximate surface area is 141 Å². The Morgan fingerprint density at radius 1 is 1.25 bits per heavy atom. The lowest BCUT2D eigenvalue weighted by molar-refractivity contribution is 0.0737. The molecule has 10 heteroatoms. The average molecular weight is 344 g/mol. The van der Waals surface area contributed by atoms with Crippen molar-refractivity contribution in [3.05, 3.63) is 23.7 Å². The second-order valence-corrected chi connectivity index (χ2v) is 6.41. The molecule has 4 heterocycles. The van der Waals surface area contributed by atoms with Crippen LogP contribution in [0, 0.1) is 0 Å². The van der Waals surface area contributed by atoms with E-state index in [-0.39, 0.29) is 11.9 Å². The molecule has 24 heavy (non-hydrogen) atoms. The van der Waals surface area contributed by atoms with Gasteiger partial charge in [-0.1, -0.05) is 0 Å². The van der Waals surface area contributed by atoms with Crippen LogP contribution < -0.4 is 10.6 Å². The third-order valence-electron chi connectivity index (χ3n) is 4.10. The first-order valence-corrected chi connectivity index (χ1v) is 8.38. The maximum absolute atomic E-state index is 12.5. The highest BCUT2D eigenvalue weighted by Gasteiger charge is 2.26. The zero-order chi connectivity index (χ0) is 16.7. The number of nitrogens with two attached hydrogens (primary N) is 1. The van der Waals surface area contributed by atoms with Gasteiger partial charge in [-0.25, -0.2) is 15.0 Å². The molecule has 2 N–H and O–H groups in total. The monoisotopic (exact) mass is 344 g/mol. The number of nitrogen functional groups attached to an aromatic ring is 1. The summed E-state index contributed by atoms with van der Waals surface area (Å²) in [4.78, 5) is 34.2. The van der Waals surface area contributed by atoms with E-state index in [9.17, 15) is 4.79 Å². The summed E-state index contributed by atoms with van der Waals surface area (Å²) in [7, 11) is 1.82. The van der Waals surface area contributed by atoms with Gasteiger partial charge in [0.05, 0.1) is 18.0 Å². The first-order chi connectivity index (χ1) is 11.6. The van der Waals surface area contributed by atoms with Crippen molar-refractivity contribution in [2.45, 2.75) is 0 Å². The molecule has 1 aliphatic rings. The fourth-order valence-electron chi connectivity index (χ4n) is 2.83. The van der Waals surface area contributed by atoms with Gasteiger partial charge in [-0.2, -0.15) is 4.98 Å². The molecule has 1 fully saturated rings. The summed E-state index contributed by atoms with van der Waals surface area (Å²) in [6.07, 6.45) is 3.23. The maximum atomic E-state index is 12.5. The van der Waals surface area contributed by atoms with Crippen LogP contribution in [0.2, 0.25) is 0 Å². The highest BCUT2D eigenvalue weighted by Crippen LogP contribution is 2.26. The van der Waals surface area contributed by atoms with E-state index >= 15 is 0 Å². The fourth-order valence-corrected chi connectivity index (χ4v) is 3.49. The number of fused-ring (bicyclic) bond motifs is 1. The normalized spacial score (nSPS) is 15.2. The number of carbonyl (C=O) groups excluding carboxylic acids is 1. The van der Waals surface area contributed by atoms with Crippen LogP contribution in [0.3, 0.4) is 0 Å². The van der Waals surface area contributed by atoms with Crippen LogP contribution in [0.5, 0.6) is 0 Å². The first kappa shape index (κ1) is 14.8. The molecule has 0 spiro atoms. The lowest BCUT2D eigenvalue weighted by Gasteiger charge is -2.35. The number of imidazole rings is 1. The third kappa shape index (κ3) is 2.44. The number of anilines is 2. The van der Waals surface area contributed by atoms with Crippen LogP contribution in [-0.4, -0.2) is 61.5 Å². The second-order valence-electron chi connectivity index (χ2n) is 5.58. The van der Waals surface area contributed by atoms with E-state index in [2.05, 4.69) is 24.8 Å². The lowest BCUT2D eigenvalue weighted by atomic mass is 10.2. The van der Waals surface area contributed by atoms with Gasteiger partial charge in [-0.05, 0) is 0 Å². The van der Waals surface area contributed by atoms with Gasteiger partial charge in [-0.15, -0.1) is 11.3 Å². The molecule has 1 saturated heterocycles. The number of carbonyl (C=O) groups is 1. The molecule has 0 atom stereocenters. The largest absolute Gasteiger partial charge is 0.368 e. The van der Waals surface area contributed by atoms with Crippen LogP contribution in [0.4, 0.5) is 11.8 Å². The van der Waals surface area contributed by atoms with Crippen molar-refractivity contribution in [2.24, 2.45) is 7.05 Å². The van der Waals surface area contributed by atoms with E-state index in [4.69, 9.17) is 5.73 Å². The number of aromatic nitrogens is 5. The van der Waals surface area contributed by atoms with Crippen molar-refractivity contribution in [3.63, 3.8) is 0 Å². The number of piperazine rings is 1. The summed E-state index contributed by atoms with van der Waals surface area (Å²) in [5.41, 5.74) is 8.90. The molecule has 3 aromatic heterocycles. The lowest BCUT2D eigenvalue weighted by Crippen LogP contribution is -2.49. The number of nitrogens with zero attached hydrogens (tertiary/aromatic N) is 7. The number of thiazole rings is 1. The van der Waals surface area contributed by atoms with Gasteiger partial charge in [0, 0.05) is 33.2 Å². The molecular weight excluding hydrogens is 328 g/mol. The molecule has 3 aromatic rings. The molecule has 1 aliphatic heterocycles. The van der Waals surface area contributed by atoms with Gasteiger partial charge in [0.1, 0.15) is 11.2 Å². The molecule has 0 aromatic carbocycles. The summed E-state index contributed by atoms with van der Waals surface area (Å²) >= 11 is 1.44. The highest BCUT2D eigenvalue weighted by molar-refractivity contribution is 7.16. The van der Waals surface area contributed by atoms with Crippen molar-refractivity contribution in [1.29, 1.82) is 0 Å². The highest BCUT2D eigenvalue weighted by atomic mass is 32.1. The van der Waals surface area contributed by atoms with Gasteiger partial charge >= 0.3 is 0 Å². The van der Waals surface area contributed by atoms with Gasteiger partial charge in [0.25, 0.3) is 5.91 Å². The molecule has 1 amide bonds. The zero-order valence-electron chi connectivity index (χ0n) is 13.1. The number of aryl methyl sites for hydroxylation is 1. The average Bonchev–Trinajstić information content (AvgIpc) is 3.22. The van der Waals surface area contributed by atoms with Crippen LogP contribution >= 0.6 is 11.3 Å². The van der Waals surface area contributed by atoms with Crippen LogP contribution in [-0.2, 0) is 7.05 Å². The molecule has 0 unspecified atom stereocenters. The van der Waals surface area contributed by atoms with Crippen LogP contribution in [0.15, 0.2) is 18.0 Å². The van der Waals surface area contributed by atoms with Crippen molar-refractivity contribution in [3.8, 4) is 0 Å². The quantitative estimate of drug-likeness (QED) is 0.715. The van der Waals surface area contributed by atoms with Crippen molar-refractivity contribution >= 4 is 39.4 Å². The minimum atomic E-state index is -0.00402. The van der Waals surface area contributed by atoms with Crippen molar-refractivity contribution < 1.29 is 4.79 Å². The summed E-state index contributed by atoms with van der Waals surface area (Å²) in [6, 6.07) is 0. The molecule has 0 bridgehead atoms. The molecule has 124 valence electrons. The Kier molecular flexibility index (Phi) is 3.53. The number of hydrogen-bond acceptors (Lipinski definition) is 8. The predicted octanol–water partition coefficient (Wildman–Crippen LogP) is 0.364. The van der Waals surface area contributed by atoms with Gasteiger partial charge in [-0.3, -0.25) is 4.79 Å². The number of hydrogen-bond donors (Lipinski definition) is 1. The van der Waals surface area contributed by atoms with Crippen LogP contribution in [0.1, 0.15) is 10.5 Å². The summed E-state index contributed by atoms with van der Waals surface area (Å²) in [5, 5.41) is 0. The zero-order valence-corrected chi connectivity index (χ0v) is 13.9. The number of rotatable bonds is 2. The Morgan fingerprint density at radius 3 is 2.75 bits per heavy atom. The van der Waals surface area contributed by atoms with E-state index < -0.39 is 0 Å². The van der Waals surface area contributed by atoms with E-state index in [1.807, 2.05) is 11.9 Å². The molecule has 4 rings (SSSR count). The second kappa shape index (κ2) is 5.71. The van der Waals surface area contributed by atoms with Gasteiger partial charge in [0.2, 0.25) is 5.95 Å². The van der Waals surface area contributed by atoms with Gasteiger partial charge < -0.3 is 20.1 Å². The Bertz CT molecular complexity index is 895. The smallest absolute Gasteiger partial charge is 0.272 e. The van der Waals surface area contributed by atoms with Crippen molar-refractivity contribution in [1.82, 2.24) is 29.4 Å².